The molecule has 3 heteroatoms. The summed E-state index contributed by atoms with van der Waals surface area (Å²) in [6, 6.07) is 16.5. The van der Waals surface area contributed by atoms with Crippen molar-refractivity contribution >= 4 is 6.09 Å². The highest BCUT2D eigenvalue weighted by Gasteiger charge is 2.33. The number of hydrogen-bond acceptors (Lipinski definition) is 2. The number of carbonyl (C=O) groups excluding carboxylic acids is 1. The van der Waals surface area contributed by atoms with Crippen LogP contribution in [-0.2, 0) is 4.74 Å². The van der Waals surface area contributed by atoms with Gasteiger partial charge in [0.2, 0.25) is 0 Å². The second-order valence-electron chi connectivity index (χ2n) is 7.22. The zero-order valence-corrected chi connectivity index (χ0v) is 15.0. The van der Waals surface area contributed by atoms with Crippen LogP contribution in [0.5, 0.6) is 0 Å². The van der Waals surface area contributed by atoms with Crippen molar-refractivity contribution in [3.8, 4) is 23.5 Å². The number of nitrogens with zero attached hydrogens (tertiary/aromatic N) is 1. The normalized spacial score (nSPS) is 16.8. The molecule has 1 saturated carbocycles. The highest BCUT2D eigenvalue weighted by molar-refractivity contribution is 5.79. The number of benzene rings is 2. The predicted molar refractivity (Wildman–Crippen MR) is 103 cm³/mol. The summed E-state index contributed by atoms with van der Waals surface area (Å²) in [5, 5.41) is 0. The number of ether oxygens (including phenoxy) is 1. The van der Waals surface area contributed by atoms with Gasteiger partial charge in [-0.05, 0) is 41.0 Å². The quantitative estimate of drug-likeness (QED) is 0.754. The maximum absolute atomic E-state index is 12.6. The molecular formula is C23H23NO2. The summed E-state index contributed by atoms with van der Waals surface area (Å²) in [6.07, 6.45) is 8.72. The van der Waals surface area contributed by atoms with Gasteiger partial charge in [0, 0.05) is 13.0 Å². The monoisotopic (exact) mass is 345 g/mol. The fourth-order valence-corrected chi connectivity index (χ4v) is 4.13. The Morgan fingerprint density at radius 1 is 1.15 bits per heavy atom. The number of carbonyl (C=O) groups is 1. The van der Waals surface area contributed by atoms with E-state index in [1.807, 2.05) is 24.3 Å². The van der Waals surface area contributed by atoms with Crippen LogP contribution in [0, 0.1) is 18.3 Å². The first-order chi connectivity index (χ1) is 12.7. The van der Waals surface area contributed by atoms with E-state index in [1.54, 1.807) is 11.9 Å². The molecule has 26 heavy (non-hydrogen) atoms. The molecule has 0 bridgehead atoms. The van der Waals surface area contributed by atoms with Crippen LogP contribution in [0.2, 0.25) is 0 Å². The van der Waals surface area contributed by atoms with Crippen LogP contribution in [0.25, 0.3) is 11.1 Å². The van der Waals surface area contributed by atoms with Crippen molar-refractivity contribution in [1.82, 2.24) is 4.90 Å². The van der Waals surface area contributed by atoms with Crippen LogP contribution in [-0.4, -0.2) is 30.7 Å². The predicted octanol–water partition coefficient (Wildman–Crippen LogP) is 4.67. The molecule has 1 fully saturated rings. The molecule has 1 amide bonds. The summed E-state index contributed by atoms with van der Waals surface area (Å²) in [4.78, 5) is 14.2. The third-order valence-corrected chi connectivity index (χ3v) is 5.81. The zero-order valence-electron chi connectivity index (χ0n) is 15.0. The first-order valence-electron chi connectivity index (χ1n) is 9.24. The van der Waals surface area contributed by atoms with Gasteiger partial charge in [0.15, 0.2) is 0 Å². The molecule has 0 saturated heterocycles. The molecule has 0 radical (unpaired) electrons. The van der Waals surface area contributed by atoms with E-state index in [0.717, 1.165) is 12.8 Å². The molecule has 0 aliphatic heterocycles. The second kappa shape index (κ2) is 6.88. The van der Waals surface area contributed by atoms with E-state index in [1.165, 1.54) is 28.7 Å². The Morgan fingerprint density at radius 2 is 1.73 bits per heavy atom. The molecular weight excluding hydrogens is 322 g/mol. The third kappa shape index (κ3) is 2.76. The summed E-state index contributed by atoms with van der Waals surface area (Å²) in [6.45, 7) is 0.332. The molecule has 0 spiro atoms. The van der Waals surface area contributed by atoms with Gasteiger partial charge in [0.25, 0.3) is 0 Å². The summed E-state index contributed by atoms with van der Waals surface area (Å²) in [7, 11) is 1.75. The molecule has 0 N–H and O–H groups in total. The third-order valence-electron chi connectivity index (χ3n) is 5.81. The number of hydrogen-bond donors (Lipinski definition) is 0. The van der Waals surface area contributed by atoms with E-state index < -0.39 is 0 Å². The van der Waals surface area contributed by atoms with E-state index in [4.69, 9.17) is 11.2 Å². The average molecular weight is 345 g/mol. The molecule has 4 rings (SSSR count). The number of fused-ring (bicyclic) bond motifs is 3. The first-order valence-corrected chi connectivity index (χ1v) is 9.24. The Morgan fingerprint density at radius 3 is 2.23 bits per heavy atom. The van der Waals surface area contributed by atoms with Gasteiger partial charge in [-0.15, -0.1) is 6.42 Å². The van der Waals surface area contributed by atoms with E-state index in [2.05, 4.69) is 30.2 Å². The van der Waals surface area contributed by atoms with Crippen LogP contribution >= 0.6 is 0 Å². The van der Waals surface area contributed by atoms with Crippen molar-refractivity contribution in [3.05, 3.63) is 59.7 Å². The lowest BCUT2D eigenvalue weighted by atomic mass is 9.79. The van der Waals surface area contributed by atoms with Crippen molar-refractivity contribution in [2.75, 3.05) is 13.7 Å². The lowest BCUT2D eigenvalue weighted by molar-refractivity contribution is 0.0829. The summed E-state index contributed by atoms with van der Waals surface area (Å²) in [5.41, 5.74) is 4.90. The van der Waals surface area contributed by atoms with Crippen LogP contribution in [0.1, 0.15) is 36.3 Å². The first kappa shape index (κ1) is 16.7. The lowest BCUT2D eigenvalue weighted by Gasteiger charge is -2.35. The topological polar surface area (TPSA) is 29.5 Å². The van der Waals surface area contributed by atoms with Crippen LogP contribution in [0.3, 0.4) is 0 Å². The van der Waals surface area contributed by atoms with Gasteiger partial charge in [0.05, 0.1) is 6.04 Å². The average Bonchev–Trinajstić information content (AvgIpc) is 2.96. The molecule has 2 aliphatic carbocycles. The summed E-state index contributed by atoms with van der Waals surface area (Å²) in [5.74, 6) is 3.25. The smallest absolute Gasteiger partial charge is 0.410 e. The van der Waals surface area contributed by atoms with Crippen LogP contribution < -0.4 is 0 Å². The molecule has 132 valence electrons. The van der Waals surface area contributed by atoms with Gasteiger partial charge >= 0.3 is 6.09 Å². The zero-order chi connectivity index (χ0) is 18.1. The number of rotatable bonds is 4. The maximum atomic E-state index is 12.6. The minimum atomic E-state index is -0.332. The molecule has 2 aromatic carbocycles. The largest absolute Gasteiger partial charge is 0.448 e. The van der Waals surface area contributed by atoms with Gasteiger partial charge in [-0.3, -0.25) is 4.90 Å². The van der Waals surface area contributed by atoms with Crippen LogP contribution in [0.15, 0.2) is 48.5 Å². The Labute approximate surface area is 155 Å². The van der Waals surface area contributed by atoms with Crippen molar-refractivity contribution < 1.29 is 9.53 Å². The molecule has 0 aromatic heterocycles. The Hall–Kier alpha value is -2.73. The van der Waals surface area contributed by atoms with Gasteiger partial charge in [0.1, 0.15) is 6.61 Å². The molecule has 0 heterocycles. The molecule has 1 unspecified atom stereocenters. The standard InChI is InChI=1S/C23H23NO2/c1-3-22(16-9-8-10-16)24(2)23(25)26-15-21-19-13-6-4-11-17(19)18-12-5-7-14-20(18)21/h1,4-7,11-14,16,21-22H,8-10,15H2,2H3. The van der Waals surface area contributed by atoms with Gasteiger partial charge < -0.3 is 4.74 Å². The van der Waals surface area contributed by atoms with E-state index in [-0.39, 0.29) is 18.1 Å². The van der Waals surface area contributed by atoms with E-state index in [0.29, 0.717) is 12.5 Å². The van der Waals surface area contributed by atoms with Gasteiger partial charge in [-0.25, -0.2) is 4.79 Å². The highest BCUT2D eigenvalue weighted by atomic mass is 16.6. The minimum absolute atomic E-state index is 0.0766. The summed E-state index contributed by atoms with van der Waals surface area (Å²) < 4.78 is 5.69. The van der Waals surface area contributed by atoms with Gasteiger partial charge in [-0.2, -0.15) is 0 Å². The Kier molecular flexibility index (Phi) is 4.42. The number of amides is 1. The number of terminal acetylenes is 1. The van der Waals surface area contributed by atoms with Crippen molar-refractivity contribution in [2.24, 2.45) is 5.92 Å². The van der Waals surface area contributed by atoms with Crippen molar-refractivity contribution in [3.63, 3.8) is 0 Å². The molecule has 3 nitrogen and oxygen atoms in total. The fourth-order valence-electron chi connectivity index (χ4n) is 4.13. The van der Waals surface area contributed by atoms with Crippen molar-refractivity contribution in [2.45, 2.75) is 31.2 Å². The van der Waals surface area contributed by atoms with Crippen molar-refractivity contribution in [1.29, 1.82) is 0 Å². The molecule has 2 aromatic rings. The highest BCUT2D eigenvalue weighted by Crippen LogP contribution is 2.44. The second-order valence-corrected chi connectivity index (χ2v) is 7.22. The van der Waals surface area contributed by atoms with E-state index in [9.17, 15) is 4.79 Å². The van der Waals surface area contributed by atoms with E-state index >= 15 is 0 Å². The lowest BCUT2D eigenvalue weighted by Crippen LogP contribution is -2.43. The minimum Gasteiger partial charge on any atom is -0.448 e. The Bertz CT molecular complexity index is 817. The molecule has 2 aliphatic rings. The van der Waals surface area contributed by atoms with Gasteiger partial charge in [-0.1, -0.05) is 60.9 Å². The van der Waals surface area contributed by atoms with Crippen LogP contribution in [0.4, 0.5) is 4.79 Å². The maximum Gasteiger partial charge on any atom is 0.410 e. The molecule has 1 atom stereocenters. The SMILES string of the molecule is C#CC(C1CCC1)N(C)C(=O)OCC1c2ccccc2-c2ccccc21. The summed E-state index contributed by atoms with van der Waals surface area (Å²) >= 11 is 0. The fraction of sp³-hybridized carbons (Fsp3) is 0.348. The Balaban J connectivity index is 1.49.